The molecule has 0 amide bonds. The Balaban J connectivity index is 4.23. The molecule has 8 heteroatoms. The van der Waals surface area contributed by atoms with Crippen LogP contribution in [0.2, 0.25) is 0 Å². The zero-order chi connectivity index (χ0) is 34.4. The van der Waals surface area contributed by atoms with Crippen molar-refractivity contribution in [1.82, 2.24) is 0 Å². The van der Waals surface area contributed by atoms with Crippen molar-refractivity contribution in [2.75, 3.05) is 0 Å². The molecule has 0 saturated carbocycles. The molecule has 266 valence electrons. The molecule has 46 heavy (non-hydrogen) atoms. The number of ketones is 2. The Morgan fingerprint density at radius 2 is 0.935 bits per heavy atom. The third-order valence-corrected chi connectivity index (χ3v) is 9.84. The molecule has 0 aromatic heterocycles. The lowest BCUT2D eigenvalue weighted by Gasteiger charge is -2.32. The van der Waals surface area contributed by atoms with E-state index in [1.54, 1.807) is 0 Å². The first-order valence-electron chi connectivity index (χ1n) is 18.3. The lowest BCUT2D eigenvalue weighted by Crippen LogP contribution is -2.59. The fourth-order valence-corrected chi connectivity index (χ4v) is 6.16. The maximum Gasteiger partial charge on any atom is 0.356 e. The molecule has 0 spiro atoms. The van der Waals surface area contributed by atoms with E-state index < -0.39 is 30.5 Å². The van der Waals surface area contributed by atoms with Crippen LogP contribution in [-0.2, 0) is 14.2 Å². The van der Waals surface area contributed by atoms with Crippen LogP contribution >= 0.6 is 7.60 Å². The summed E-state index contributed by atoms with van der Waals surface area (Å²) in [5.41, 5.74) is 5.87. The average Bonchev–Trinajstić information content (AvgIpc) is 3.03. The Bertz CT molecular complexity index is 937. The number of Topliss-reactive ketones (excluding diaryl/α,β-unsaturated/α-hetero) is 2. The van der Waals surface area contributed by atoms with Gasteiger partial charge in [0.15, 0.2) is 11.6 Å². The molecule has 0 fully saturated rings. The minimum absolute atomic E-state index is 0.0679. The zero-order valence-electron chi connectivity index (χ0n) is 29.3. The first-order chi connectivity index (χ1) is 22.1. The van der Waals surface area contributed by atoms with Gasteiger partial charge in [0.1, 0.15) is 6.10 Å². The monoisotopic (exact) mass is 665 g/mol. The summed E-state index contributed by atoms with van der Waals surface area (Å²) < 4.78 is 12.2. The van der Waals surface area contributed by atoms with Crippen LogP contribution in [0.1, 0.15) is 168 Å². The highest BCUT2D eigenvalue weighted by Gasteiger charge is 2.57. The van der Waals surface area contributed by atoms with Crippen LogP contribution in [0.25, 0.3) is 0 Å². The minimum Gasteiger partial charge on any atom is -0.382 e. The van der Waals surface area contributed by atoms with E-state index in [0.29, 0.717) is 19.3 Å². The van der Waals surface area contributed by atoms with E-state index in [9.17, 15) is 29.0 Å². The second kappa shape index (κ2) is 29.5. The Hall–Kier alpha value is -1.63. The number of hydrogen-bond donors (Lipinski definition) is 4. The van der Waals surface area contributed by atoms with Gasteiger partial charge in [0, 0.05) is 12.8 Å². The summed E-state index contributed by atoms with van der Waals surface area (Å²) in [6, 6.07) is 0. The van der Waals surface area contributed by atoms with Crippen LogP contribution in [0.5, 0.6) is 0 Å². The van der Waals surface area contributed by atoms with Gasteiger partial charge in [-0.05, 0) is 77.0 Å². The van der Waals surface area contributed by atoms with E-state index in [2.05, 4.69) is 62.5 Å². The second-order valence-electron chi connectivity index (χ2n) is 12.6. The molecule has 0 rings (SSSR count). The summed E-state index contributed by atoms with van der Waals surface area (Å²) in [6.07, 6.45) is 37.3. The number of allylic oxidation sites excluding steroid dienone is 8. The van der Waals surface area contributed by atoms with Crippen molar-refractivity contribution in [1.29, 1.82) is 0 Å². The molecule has 2 atom stereocenters. The molecule has 0 bridgehead atoms. The first kappa shape index (κ1) is 44.4. The summed E-state index contributed by atoms with van der Waals surface area (Å²) >= 11 is 0. The number of unbranched alkanes of at least 4 members (excludes halogenated alkanes) is 16. The number of aliphatic hydroxyl groups is 1. The number of aliphatic hydroxyl groups excluding tert-OH is 1. The molecule has 0 aromatic carbocycles. The van der Waals surface area contributed by atoms with Gasteiger partial charge in [0.2, 0.25) is 5.28 Å². The van der Waals surface area contributed by atoms with Gasteiger partial charge in [-0.15, -0.1) is 0 Å². The van der Waals surface area contributed by atoms with Crippen molar-refractivity contribution >= 4 is 19.2 Å². The summed E-state index contributed by atoms with van der Waals surface area (Å²) in [7, 11) is -5.28. The number of carbonyl (C=O) groups excluding carboxylic acids is 2. The van der Waals surface area contributed by atoms with E-state index in [1.807, 2.05) is 0 Å². The maximum absolute atomic E-state index is 12.9. The standard InChI is InChI=1S/C38H68NO6P/c1-3-5-7-9-11-13-15-17-19-21-23-25-27-29-31-33-35(40)37(42)38(39,46(43,44)45)36(41)34-32-30-28-26-24-22-20-18-16-14-12-10-8-6-4-2/h11-14,17-20,37,42H,3-10,15-16,21-34,39H2,1-2H3,(H2,43,44,45)/b13-11-,14-12-,19-17-,20-18-. The summed E-state index contributed by atoms with van der Waals surface area (Å²) in [4.78, 5) is 45.3. The Morgan fingerprint density at radius 1 is 0.587 bits per heavy atom. The van der Waals surface area contributed by atoms with E-state index in [4.69, 9.17) is 5.73 Å². The Morgan fingerprint density at radius 3 is 1.33 bits per heavy atom. The average molecular weight is 666 g/mol. The van der Waals surface area contributed by atoms with E-state index in [1.165, 1.54) is 38.5 Å². The highest BCUT2D eigenvalue weighted by Crippen LogP contribution is 2.50. The van der Waals surface area contributed by atoms with Crippen molar-refractivity contribution in [3.05, 3.63) is 48.6 Å². The third kappa shape index (κ3) is 22.0. The topological polar surface area (TPSA) is 138 Å². The second-order valence-corrected chi connectivity index (χ2v) is 14.5. The van der Waals surface area contributed by atoms with E-state index >= 15 is 0 Å². The molecule has 7 nitrogen and oxygen atoms in total. The minimum atomic E-state index is -5.28. The van der Waals surface area contributed by atoms with Gasteiger partial charge >= 0.3 is 7.60 Å². The summed E-state index contributed by atoms with van der Waals surface area (Å²) in [5.74, 6) is -1.74. The zero-order valence-corrected chi connectivity index (χ0v) is 30.2. The SMILES string of the molecule is CCCCC/C=C\C/C=C\CCCCCCCC(=O)C(O)C(N)(C(=O)CCCCCCC/C=C\C/C=C\CCCCC)P(=O)(O)O. The van der Waals surface area contributed by atoms with Crippen LogP contribution in [0, 0.1) is 0 Å². The molecular weight excluding hydrogens is 597 g/mol. The van der Waals surface area contributed by atoms with Crippen LogP contribution in [0.15, 0.2) is 48.6 Å². The smallest absolute Gasteiger partial charge is 0.356 e. The van der Waals surface area contributed by atoms with Gasteiger partial charge in [-0.25, -0.2) is 0 Å². The molecule has 2 unspecified atom stereocenters. The molecule has 0 aromatic rings. The van der Waals surface area contributed by atoms with E-state index in [-0.39, 0.29) is 12.8 Å². The normalized spacial score (nSPS) is 14.7. The molecule has 0 radical (unpaired) electrons. The van der Waals surface area contributed by atoms with Crippen molar-refractivity contribution in [2.24, 2.45) is 5.73 Å². The quantitative estimate of drug-likeness (QED) is 0.0319. The Labute approximate surface area is 281 Å². The largest absolute Gasteiger partial charge is 0.382 e. The van der Waals surface area contributed by atoms with Crippen LogP contribution in [-0.4, -0.2) is 37.8 Å². The molecule has 0 aliphatic carbocycles. The van der Waals surface area contributed by atoms with Crippen LogP contribution in [0.3, 0.4) is 0 Å². The summed E-state index contributed by atoms with van der Waals surface area (Å²) in [6.45, 7) is 4.42. The number of hydrogen-bond acceptors (Lipinski definition) is 5. The fourth-order valence-electron chi connectivity index (χ4n) is 5.26. The van der Waals surface area contributed by atoms with Gasteiger partial charge in [0.05, 0.1) is 0 Å². The van der Waals surface area contributed by atoms with Crippen LogP contribution < -0.4 is 5.73 Å². The molecule has 5 N–H and O–H groups in total. The van der Waals surface area contributed by atoms with Gasteiger partial charge in [-0.1, -0.05) is 127 Å². The highest BCUT2D eigenvalue weighted by molar-refractivity contribution is 7.55. The van der Waals surface area contributed by atoms with Gasteiger partial charge in [-0.2, -0.15) is 0 Å². The lowest BCUT2D eigenvalue weighted by atomic mass is 9.95. The first-order valence-corrected chi connectivity index (χ1v) is 19.9. The fraction of sp³-hybridized carbons (Fsp3) is 0.737. The Kier molecular flexibility index (Phi) is 28.5. The van der Waals surface area contributed by atoms with Crippen LogP contribution in [0.4, 0.5) is 0 Å². The summed E-state index contributed by atoms with van der Waals surface area (Å²) in [5, 5.41) is 7.68. The third-order valence-electron chi connectivity index (χ3n) is 8.38. The maximum atomic E-state index is 12.9. The van der Waals surface area contributed by atoms with Gasteiger partial charge < -0.3 is 20.6 Å². The van der Waals surface area contributed by atoms with Crippen molar-refractivity contribution in [3.63, 3.8) is 0 Å². The van der Waals surface area contributed by atoms with Crippen molar-refractivity contribution in [2.45, 2.75) is 179 Å². The van der Waals surface area contributed by atoms with Gasteiger partial charge in [0.25, 0.3) is 0 Å². The van der Waals surface area contributed by atoms with Gasteiger partial charge in [-0.3, -0.25) is 14.2 Å². The molecule has 0 aliphatic heterocycles. The molecule has 0 saturated heterocycles. The van der Waals surface area contributed by atoms with Crippen molar-refractivity contribution in [3.8, 4) is 0 Å². The van der Waals surface area contributed by atoms with Crippen molar-refractivity contribution < 1.29 is 29.0 Å². The predicted molar refractivity (Wildman–Crippen MR) is 194 cm³/mol. The molecule has 0 heterocycles. The molecule has 0 aliphatic rings. The number of nitrogens with two attached hydrogens (primary N) is 1. The number of rotatable bonds is 32. The lowest BCUT2D eigenvalue weighted by molar-refractivity contribution is -0.136. The highest BCUT2D eigenvalue weighted by atomic mass is 31.2. The predicted octanol–water partition coefficient (Wildman–Crippen LogP) is 9.95. The number of carbonyl (C=O) groups is 2. The van der Waals surface area contributed by atoms with E-state index in [0.717, 1.165) is 83.5 Å². The molecular formula is C38H68NO6P.